The fraction of sp³-hybridized carbons (Fsp3) is 0.389. The molecule has 0 radical (unpaired) electrons. The Morgan fingerprint density at radius 1 is 1.25 bits per heavy atom. The van der Waals surface area contributed by atoms with Crippen LogP contribution in [0.5, 0.6) is 0 Å². The van der Waals surface area contributed by atoms with Gasteiger partial charge in [0, 0.05) is 5.69 Å². The summed E-state index contributed by atoms with van der Waals surface area (Å²) in [5, 5.41) is 16.1. The molecule has 0 bridgehead atoms. The minimum Gasteiger partial charge on any atom is -0.480 e. The number of carboxylic acid groups (broad SMARTS) is 1. The Hall–Kier alpha value is -2.63. The maximum Gasteiger partial charge on any atom is 0.326 e. The van der Waals surface area contributed by atoms with E-state index < -0.39 is 17.9 Å². The summed E-state index contributed by atoms with van der Waals surface area (Å²) in [6.45, 7) is 5.84. The van der Waals surface area contributed by atoms with Crippen LogP contribution in [0, 0.1) is 13.8 Å². The fourth-order valence-corrected chi connectivity index (χ4v) is 2.43. The Labute approximate surface area is 141 Å². The van der Waals surface area contributed by atoms with Crippen molar-refractivity contribution in [2.24, 2.45) is 0 Å². The van der Waals surface area contributed by atoms with Crippen molar-refractivity contribution < 1.29 is 14.7 Å². The van der Waals surface area contributed by atoms with E-state index in [9.17, 15) is 14.7 Å². The second-order valence-electron chi connectivity index (χ2n) is 5.92. The zero-order valence-electron chi connectivity index (χ0n) is 14.2. The monoisotopic (exact) mass is 329 g/mol. The number of hydrogen-bond acceptors (Lipinski definition) is 3. The Morgan fingerprint density at radius 2 is 1.92 bits per heavy atom. The zero-order chi connectivity index (χ0) is 17.7. The largest absolute Gasteiger partial charge is 0.480 e. The van der Waals surface area contributed by atoms with E-state index in [0.717, 1.165) is 29.8 Å². The topological polar surface area (TPSA) is 84.2 Å². The number of nitrogens with one attached hydrogen (secondary N) is 1. The highest BCUT2D eigenvalue weighted by Gasteiger charge is 2.22. The summed E-state index contributed by atoms with van der Waals surface area (Å²) < 4.78 is 1.68. The molecule has 0 saturated carbocycles. The number of aromatic nitrogens is 2. The van der Waals surface area contributed by atoms with Crippen molar-refractivity contribution in [3.63, 3.8) is 0 Å². The van der Waals surface area contributed by atoms with Gasteiger partial charge in [-0.1, -0.05) is 37.5 Å². The number of aryl methyl sites for hydroxylation is 2. The van der Waals surface area contributed by atoms with Crippen molar-refractivity contribution in [2.75, 3.05) is 0 Å². The van der Waals surface area contributed by atoms with Crippen molar-refractivity contribution in [3.05, 3.63) is 47.3 Å². The lowest BCUT2D eigenvalue weighted by molar-refractivity contribution is -0.139. The van der Waals surface area contributed by atoms with Crippen LogP contribution in [-0.4, -0.2) is 32.8 Å². The summed E-state index contributed by atoms with van der Waals surface area (Å²) in [6.07, 6.45) is 2.03. The Bertz CT molecular complexity index is 720. The molecule has 6 heteroatoms. The average molecular weight is 329 g/mol. The van der Waals surface area contributed by atoms with Crippen LogP contribution in [0.2, 0.25) is 0 Å². The van der Waals surface area contributed by atoms with Crippen molar-refractivity contribution in [1.82, 2.24) is 15.1 Å². The molecule has 0 aliphatic rings. The first-order valence-electron chi connectivity index (χ1n) is 8.09. The van der Waals surface area contributed by atoms with E-state index in [0.29, 0.717) is 6.42 Å². The molecule has 1 aromatic heterocycles. The van der Waals surface area contributed by atoms with Crippen LogP contribution in [0.3, 0.4) is 0 Å². The lowest BCUT2D eigenvalue weighted by Gasteiger charge is -2.12. The first-order valence-corrected chi connectivity index (χ1v) is 8.09. The van der Waals surface area contributed by atoms with Crippen LogP contribution >= 0.6 is 0 Å². The maximum absolute atomic E-state index is 12.3. The van der Waals surface area contributed by atoms with E-state index in [-0.39, 0.29) is 5.69 Å². The lowest BCUT2D eigenvalue weighted by atomic mass is 10.1. The molecule has 2 N–H and O–H groups in total. The number of hydrogen-bond donors (Lipinski definition) is 2. The molecular weight excluding hydrogens is 306 g/mol. The molecule has 1 atom stereocenters. The summed E-state index contributed by atoms with van der Waals surface area (Å²) in [5.41, 5.74) is 3.03. The van der Waals surface area contributed by atoms with Crippen LogP contribution in [0.4, 0.5) is 0 Å². The molecule has 0 aliphatic heterocycles. The van der Waals surface area contributed by atoms with E-state index in [1.165, 1.54) is 0 Å². The highest BCUT2D eigenvalue weighted by atomic mass is 16.4. The smallest absolute Gasteiger partial charge is 0.326 e. The summed E-state index contributed by atoms with van der Waals surface area (Å²) in [7, 11) is 0. The first kappa shape index (κ1) is 17.7. The highest BCUT2D eigenvalue weighted by molar-refractivity contribution is 5.95. The summed E-state index contributed by atoms with van der Waals surface area (Å²) >= 11 is 0. The highest BCUT2D eigenvalue weighted by Crippen LogP contribution is 2.13. The normalized spacial score (nSPS) is 12.0. The third kappa shape index (κ3) is 4.22. The van der Waals surface area contributed by atoms with E-state index in [2.05, 4.69) is 10.4 Å². The fourth-order valence-electron chi connectivity index (χ4n) is 2.43. The number of amides is 1. The number of nitrogens with zero attached hydrogens (tertiary/aromatic N) is 2. The van der Waals surface area contributed by atoms with Gasteiger partial charge < -0.3 is 10.4 Å². The van der Waals surface area contributed by atoms with E-state index in [1.807, 2.05) is 45.0 Å². The number of aliphatic carboxylic acids is 1. The Morgan fingerprint density at radius 3 is 2.50 bits per heavy atom. The second-order valence-corrected chi connectivity index (χ2v) is 5.92. The number of carboxylic acids is 1. The third-order valence-corrected chi connectivity index (χ3v) is 3.85. The minimum absolute atomic E-state index is 0.218. The van der Waals surface area contributed by atoms with Crippen LogP contribution < -0.4 is 5.32 Å². The molecule has 0 saturated heterocycles. The van der Waals surface area contributed by atoms with Crippen LogP contribution in [-0.2, 0) is 4.79 Å². The molecular formula is C18H23N3O3. The SMILES string of the molecule is CCCCC(NC(=O)c1cc(C)n(-c2ccc(C)cc2)n1)C(=O)O. The van der Waals surface area contributed by atoms with Gasteiger partial charge in [0.05, 0.1) is 5.69 Å². The predicted molar refractivity (Wildman–Crippen MR) is 91.5 cm³/mol. The summed E-state index contributed by atoms with van der Waals surface area (Å²) in [5.74, 6) is -1.49. The van der Waals surface area contributed by atoms with Gasteiger partial charge in [0.1, 0.15) is 6.04 Å². The molecule has 0 spiro atoms. The Balaban J connectivity index is 2.17. The summed E-state index contributed by atoms with van der Waals surface area (Å²) in [4.78, 5) is 23.6. The van der Waals surface area contributed by atoms with E-state index >= 15 is 0 Å². The molecule has 2 rings (SSSR count). The predicted octanol–water partition coefficient (Wildman–Crippen LogP) is 2.86. The molecule has 2 aromatic rings. The van der Waals surface area contributed by atoms with E-state index in [4.69, 9.17) is 0 Å². The molecule has 128 valence electrons. The molecule has 0 aliphatic carbocycles. The molecule has 1 amide bonds. The molecule has 6 nitrogen and oxygen atoms in total. The van der Waals surface area contributed by atoms with Gasteiger partial charge in [0.2, 0.25) is 0 Å². The molecule has 1 unspecified atom stereocenters. The standard InChI is InChI=1S/C18H23N3O3/c1-4-5-6-15(18(23)24)19-17(22)16-11-13(3)21(20-16)14-9-7-12(2)8-10-14/h7-11,15H,4-6H2,1-3H3,(H,19,22)(H,23,24). The third-order valence-electron chi connectivity index (χ3n) is 3.85. The van der Waals surface area contributed by atoms with E-state index in [1.54, 1.807) is 10.7 Å². The van der Waals surface area contributed by atoms with Crippen molar-refractivity contribution in [3.8, 4) is 5.69 Å². The van der Waals surface area contributed by atoms with Gasteiger partial charge in [-0.05, 0) is 38.5 Å². The van der Waals surface area contributed by atoms with Gasteiger partial charge in [-0.2, -0.15) is 5.10 Å². The first-order chi connectivity index (χ1) is 11.4. The van der Waals surface area contributed by atoms with Gasteiger partial charge in [-0.15, -0.1) is 0 Å². The number of carbonyl (C=O) groups excluding carboxylic acids is 1. The zero-order valence-corrected chi connectivity index (χ0v) is 14.2. The van der Waals surface area contributed by atoms with Crippen molar-refractivity contribution in [2.45, 2.75) is 46.1 Å². The number of unbranched alkanes of at least 4 members (excludes halogenated alkanes) is 1. The molecule has 1 aromatic carbocycles. The number of carbonyl (C=O) groups is 2. The minimum atomic E-state index is -1.02. The van der Waals surface area contributed by atoms with Gasteiger partial charge in [0.25, 0.3) is 5.91 Å². The van der Waals surface area contributed by atoms with Crippen LogP contribution in [0.25, 0.3) is 5.69 Å². The second kappa shape index (κ2) is 7.77. The average Bonchev–Trinajstić information content (AvgIpc) is 2.93. The van der Waals surface area contributed by atoms with Gasteiger partial charge in [-0.25, -0.2) is 9.48 Å². The quantitative estimate of drug-likeness (QED) is 0.818. The lowest BCUT2D eigenvalue weighted by Crippen LogP contribution is -2.40. The van der Waals surface area contributed by atoms with Gasteiger partial charge in [0.15, 0.2) is 5.69 Å². The van der Waals surface area contributed by atoms with Crippen LogP contribution in [0.1, 0.15) is 47.9 Å². The molecule has 0 fully saturated rings. The van der Waals surface area contributed by atoms with Crippen molar-refractivity contribution >= 4 is 11.9 Å². The van der Waals surface area contributed by atoms with Gasteiger partial charge in [-0.3, -0.25) is 4.79 Å². The molecule has 1 heterocycles. The van der Waals surface area contributed by atoms with Crippen molar-refractivity contribution in [1.29, 1.82) is 0 Å². The molecule has 24 heavy (non-hydrogen) atoms. The summed E-state index contributed by atoms with van der Waals surface area (Å²) in [6, 6.07) is 8.58. The number of rotatable bonds is 7. The van der Waals surface area contributed by atoms with Crippen LogP contribution in [0.15, 0.2) is 30.3 Å². The maximum atomic E-state index is 12.3. The Kier molecular flexibility index (Phi) is 5.73. The number of benzene rings is 1. The van der Waals surface area contributed by atoms with Gasteiger partial charge >= 0.3 is 5.97 Å².